The summed E-state index contributed by atoms with van der Waals surface area (Å²) in [5.74, 6) is 2.62. The van der Waals surface area contributed by atoms with Crippen LogP contribution in [0.25, 0.3) is 10.9 Å². The number of carbonyl (C=O) groups excluding carboxylic acids is 1. The number of fused-ring (bicyclic) bond motifs is 1. The number of aromatic nitrogens is 2. The molecule has 3 heterocycles. The Morgan fingerprint density at radius 2 is 2.18 bits per heavy atom. The Morgan fingerprint density at radius 3 is 2.96 bits per heavy atom. The quantitative estimate of drug-likeness (QED) is 0.664. The van der Waals surface area contributed by atoms with Crippen LogP contribution in [-0.4, -0.2) is 48.5 Å². The number of pyridine rings is 1. The zero-order chi connectivity index (χ0) is 19.5. The second-order valence-electron chi connectivity index (χ2n) is 7.19. The molecule has 1 saturated heterocycles. The highest BCUT2D eigenvalue weighted by Crippen LogP contribution is 2.32. The Kier molecular flexibility index (Phi) is 5.19. The number of hydrogen-bond donors (Lipinski definition) is 1. The first-order valence-corrected chi connectivity index (χ1v) is 9.81. The molecule has 0 radical (unpaired) electrons. The number of aldehydes is 1. The van der Waals surface area contributed by atoms with Gasteiger partial charge in [-0.15, -0.1) is 0 Å². The first-order chi connectivity index (χ1) is 13.7. The fourth-order valence-corrected chi connectivity index (χ4v) is 4.06. The van der Waals surface area contributed by atoms with Crippen LogP contribution in [0.5, 0.6) is 5.75 Å². The van der Waals surface area contributed by atoms with E-state index in [0.717, 1.165) is 54.0 Å². The average Bonchev–Trinajstić information content (AvgIpc) is 3.17. The first-order valence-electron chi connectivity index (χ1n) is 9.81. The molecule has 1 aliphatic heterocycles. The van der Waals surface area contributed by atoms with E-state index in [9.17, 15) is 4.79 Å². The molecule has 0 aliphatic carbocycles. The monoisotopic (exact) mass is 378 g/mol. The third-order valence-corrected chi connectivity index (χ3v) is 5.53. The molecule has 146 valence electrons. The van der Waals surface area contributed by atoms with Crippen molar-refractivity contribution in [1.82, 2.24) is 9.97 Å². The van der Waals surface area contributed by atoms with Gasteiger partial charge in [-0.1, -0.05) is 18.2 Å². The summed E-state index contributed by atoms with van der Waals surface area (Å²) in [6, 6.07) is 14.2. The lowest BCUT2D eigenvalue weighted by molar-refractivity contribution is -0.109. The average molecular weight is 378 g/mol. The molecule has 28 heavy (non-hydrogen) atoms. The van der Waals surface area contributed by atoms with Crippen LogP contribution < -0.4 is 14.5 Å². The smallest absolute Gasteiger partial charge is 0.171 e. The lowest BCUT2D eigenvalue weighted by Gasteiger charge is -2.41. The van der Waals surface area contributed by atoms with Gasteiger partial charge in [0.15, 0.2) is 11.6 Å². The van der Waals surface area contributed by atoms with Crippen LogP contribution in [0.2, 0.25) is 0 Å². The van der Waals surface area contributed by atoms with Gasteiger partial charge >= 0.3 is 0 Å². The molecule has 6 nitrogen and oxygen atoms in total. The van der Waals surface area contributed by atoms with Crippen molar-refractivity contribution in [2.24, 2.45) is 0 Å². The van der Waals surface area contributed by atoms with Crippen molar-refractivity contribution < 1.29 is 9.53 Å². The first kappa shape index (κ1) is 18.3. The summed E-state index contributed by atoms with van der Waals surface area (Å²) in [4.78, 5) is 24.2. The van der Waals surface area contributed by atoms with Crippen molar-refractivity contribution in [2.45, 2.75) is 31.8 Å². The number of nitrogens with zero attached hydrogens (tertiary/aromatic N) is 3. The summed E-state index contributed by atoms with van der Waals surface area (Å²) < 4.78 is 5.74. The molecule has 2 aromatic heterocycles. The number of carbonyl (C=O) groups is 1. The number of nitrogens with one attached hydrogen (secondary N) is 1. The SMILES string of the molecule is CCOc1cccnc1N(C)C1CCN(c2cc3ccccc3[nH]2)C(C=O)C1. The number of rotatable bonds is 6. The standard InChI is InChI=1S/C22H26N4O2/c1-3-28-20-9-6-11-23-22(20)25(2)17-10-12-26(18(14-17)15-27)21-13-16-7-4-5-8-19(16)24-21/h4-9,11,13,15,17-18,24H,3,10,12,14H2,1-2H3. The zero-order valence-electron chi connectivity index (χ0n) is 16.3. The van der Waals surface area contributed by atoms with E-state index in [1.165, 1.54) is 0 Å². The summed E-state index contributed by atoms with van der Waals surface area (Å²) in [6.45, 7) is 3.38. The topological polar surface area (TPSA) is 61.5 Å². The number of benzene rings is 1. The van der Waals surface area contributed by atoms with Crippen molar-refractivity contribution in [3.05, 3.63) is 48.7 Å². The molecule has 6 heteroatoms. The normalized spacial score (nSPS) is 19.6. The van der Waals surface area contributed by atoms with Crippen LogP contribution in [-0.2, 0) is 4.79 Å². The van der Waals surface area contributed by atoms with Gasteiger partial charge in [-0.2, -0.15) is 0 Å². The van der Waals surface area contributed by atoms with Crippen molar-refractivity contribution >= 4 is 28.8 Å². The van der Waals surface area contributed by atoms with Crippen LogP contribution in [0.4, 0.5) is 11.6 Å². The molecular weight excluding hydrogens is 352 g/mol. The van der Waals surface area contributed by atoms with E-state index in [2.05, 4.69) is 38.0 Å². The third-order valence-electron chi connectivity index (χ3n) is 5.53. The van der Waals surface area contributed by atoms with Crippen LogP contribution in [0.3, 0.4) is 0 Å². The number of ether oxygens (including phenoxy) is 1. The Labute approximate surface area is 165 Å². The van der Waals surface area contributed by atoms with Crippen LogP contribution in [0.1, 0.15) is 19.8 Å². The van der Waals surface area contributed by atoms with E-state index in [4.69, 9.17) is 4.74 Å². The third kappa shape index (κ3) is 3.42. The number of aromatic amines is 1. The molecule has 1 fully saturated rings. The van der Waals surface area contributed by atoms with Gasteiger partial charge in [0, 0.05) is 36.7 Å². The fraction of sp³-hybridized carbons (Fsp3) is 0.364. The molecule has 0 amide bonds. The predicted molar refractivity (Wildman–Crippen MR) is 112 cm³/mol. The number of hydrogen-bond acceptors (Lipinski definition) is 5. The molecule has 2 atom stereocenters. The van der Waals surface area contributed by atoms with Gasteiger partial charge in [-0.25, -0.2) is 4.98 Å². The van der Waals surface area contributed by atoms with Gasteiger partial charge in [0.25, 0.3) is 0 Å². The lowest BCUT2D eigenvalue weighted by atomic mass is 9.96. The van der Waals surface area contributed by atoms with Crippen LogP contribution in [0, 0.1) is 0 Å². The molecule has 0 saturated carbocycles. The second-order valence-corrected chi connectivity index (χ2v) is 7.19. The van der Waals surface area contributed by atoms with Crippen molar-refractivity contribution in [3.63, 3.8) is 0 Å². The summed E-state index contributed by atoms with van der Waals surface area (Å²) in [7, 11) is 2.04. The Balaban J connectivity index is 1.54. The summed E-state index contributed by atoms with van der Waals surface area (Å²) >= 11 is 0. The van der Waals surface area contributed by atoms with Gasteiger partial charge in [0.2, 0.25) is 0 Å². The molecule has 0 bridgehead atoms. The largest absolute Gasteiger partial charge is 0.490 e. The van der Waals surface area contributed by atoms with Gasteiger partial charge < -0.3 is 24.3 Å². The van der Waals surface area contributed by atoms with Crippen molar-refractivity contribution in [1.29, 1.82) is 0 Å². The number of H-pyrrole nitrogens is 1. The predicted octanol–water partition coefficient (Wildman–Crippen LogP) is 3.63. The fourth-order valence-electron chi connectivity index (χ4n) is 4.06. The maximum atomic E-state index is 11.9. The van der Waals surface area contributed by atoms with E-state index in [1.807, 2.05) is 38.2 Å². The molecule has 1 aliphatic rings. The molecule has 4 rings (SSSR count). The van der Waals surface area contributed by atoms with Crippen molar-refractivity contribution in [3.8, 4) is 5.75 Å². The van der Waals surface area contributed by atoms with Crippen LogP contribution >= 0.6 is 0 Å². The summed E-state index contributed by atoms with van der Waals surface area (Å²) in [5, 5.41) is 1.16. The van der Waals surface area contributed by atoms with E-state index in [-0.39, 0.29) is 12.1 Å². The van der Waals surface area contributed by atoms with Gasteiger partial charge in [-0.3, -0.25) is 0 Å². The molecule has 1 N–H and O–H groups in total. The molecular formula is C22H26N4O2. The highest BCUT2D eigenvalue weighted by molar-refractivity contribution is 5.84. The van der Waals surface area contributed by atoms with E-state index in [0.29, 0.717) is 6.61 Å². The van der Waals surface area contributed by atoms with E-state index in [1.54, 1.807) is 6.20 Å². The summed E-state index contributed by atoms with van der Waals surface area (Å²) in [5.41, 5.74) is 1.09. The number of anilines is 2. The van der Waals surface area contributed by atoms with Gasteiger partial charge in [-0.05, 0) is 44.0 Å². The van der Waals surface area contributed by atoms with Crippen LogP contribution in [0.15, 0.2) is 48.7 Å². The Hall–Kier alpha value is -3.02. The minimum atomic E-state index is -0.173. The maximum Gasteiger partial charge on any atom is 0.171 e. The lowest BCUT2D eigenvalue weighted by Crippen LogP contribution is -2.50. The highest BCUT2D eigenvalue weighted by Gasteiger charge is 2.32. The maximum absolute atomic E-state index is 11.9. The van der Waals surface area contributed by atoms with Crippen molar-refractivity contribution in [2.75, 3.05) is 30.0 Å². The zero-order valence-corrected chi connectivity index (χ0v) is 16.3. The minimum Gasteiger partial charge on any atom is -0.490 e. The Bertz CT molecular complexity index is 921. The number of piperidine rings is 1. The minimum absolute atomic E-state index is 0.173. The molecule has 2 unspecified atom stereocenters. The second kappa shape index (κ2) is 7.92. The van der Waals surface area contributed by atoms with Gasteiger partial charge in [0.1, 0.15) is 12.1 Å². The molecule has 3 aromatic rings. The highest BCUT2D eigenvalue weighted by atomic mass is 16.5. The van der Waals surface area contributed by atoms with E-state index < -0.39 is 0 Å². The van der Waals surface area contributed by atoms with Gasteiger partial charge in [0.05, 0.1) is 12.6 Å². The van der Waals surface area contributed by atoms with E-state index >= 15 is 0 Å². The summed E-state index contributed by atoms with van der Waals surface area (Å²) in [6.07, 6.45) is 4.54. The Morgan fingerprint density at radius 1 is 1.32 bits per heavy atom. The number of para-hydroxylation sites is 1. The molecule has 0 spiro atoms. The molecule has 1 aromatic carbocycles.